The molecule has 2 N–H and O–H groups in total. The van der Waals surface area contributed by atoms with Crippen molar-refractivity contribution in [1.82, 2.24) is 20.1 Å². The zero-order valence-corrected chi connectivity index (χ0v) is 32.0. The van der Waals surface area contributed by atoms with E-state index in [4.69, 9.17) is 4.74 Å². The van der Waals surface area contributed by atoms with Gasteiger partial charge in [0.25, 0.3) is 11.5 Å². The van der Waals surface area contributed by atoms with E-state index >= 15 is 0 Å². The van der Waals surface area contributed by atoms with Crippen molar-refractivity contribution in [2.45, 2.75) is 62.4 Å². The second kappa shape index (κ2) is 18.3. The number of hydrogen-bond acceptors (Lipinski definition) is 6. The molecule has 280 valence electrons. The molecular weight excluding hydrogens is 709 g/mol. The van der Waals surface area contributed by atoms with E-state index in [9.17, 15) is 24.0 Å². The van der Waals surface area contributed by atoms with Gasteiger partial charge in [-0.05, 0) is 67.0 Å². The Morgan fingerprint density at radius 1 is 0.849 bits per heavy atom. The van der Waals surface area contributed by atoms with Gasteiger partial charge in [-0.2, -0.15) is 27.0 Å². The number of nitrogens with one attached hydrogen (secondary N) is 2. The summed E-state index contributed by atoms with van der Waals surface area (Å²) in [5, 5.41) is 6.06. The minimum absolute atomic E-state index is 0. The number of esters is 1. The number of ether oxygens (including phenoxy) is 1. The standard InChI is InChI=1S/C41H44N4O6.2H2S/c1-3-51-39(49)35(27-28-13-6-4-7-14-28)43-40(50)41(29-15-8-5-9-16-29)23-20-32(31-17-10-11-19-34(31)41)38(48)45-25-21-30(22-26-45)42-36(46)33-18-12-24-44(2)37(33)47;;/h4-19,24,30,32,35H,3,20-23,25-27H2,1-2H3,(H,42,46)(H,43,50);2*1H2/t32-,35-,41+;;/m0../s1. The number of fused-ring (bicyclic) bond motifs is 1. The molecule has 1 aromatic heterocycles. The van der Waals surface area contributed by atoms with Gasteiger partial charge in [0.2, 0.25) is 11.8 Å². The smallest absolute Gasteiger partial charge is 0.328 e. The first kappa shape index (κ1) is 41.0. The van der Waals surface area contributed by atoms with E-state index in [0.717, 1.165) is 22.3 Å². The van der Waals surface area contributed by atoms with Gasteiger partial charge >= 0.3 is 5.97 Å². The van der Waals surface area contributed by atoms with Crippen molar-refractivity contribution in [2.24, 2.45) is 7.05 Å². The van der Waals surface area contributed by atoms with E-state index in [2.05, 4.69) is 10.6 Å². The van der Waals surface area contributed by atoms with E-state index in [1.807, 2.05) is 89.8 Å². The fourth-order valence-corrected chi connectivity index (χ4v) is 7.55. The molecule has 0 radical (unpaired) electrons. The molecule has 1 saturated heterocycles. The summed E-state index contributed by atoms with van der Waals surface area (Å²) in [7, 11) is 1.61. The van der Waals surface area contributed by atoms with Crippen LogP contribution in [0.15, 0.2) is 108 Å². The van der Waals surface area contributed by atoms with Gasteiger partial charge in [0.15, 0.2) is 0 Å². The topological polar surface area (TPSA) is 127 Å². The van der Waals surface area contributed by atoms with Crippen molar-refractivity contribution in [1.29, 1.82) is 0 Å². The summed E-state index contributed by atoms with van der Waals surface area (Å²) in [4.78, 5) is 69.4. The normalized spacial score (nSPS) is 18.6. The van der Waals surface area contributed by atoms with Crippen LogP contribution in [-0.4, -0.2) is 64.9 Å². The number of aryl methyl sites for hydroxylation is 1. The molecule has 53 heavy (non-hydrogen) atoms. The molecule has 0 bridgehead atoms. The maximum atomic E-state index is 14.8. The number of carbonyl (C=O) groups is 4. The number of hydrogen-bond donors (Lipinski definition) is 2. The number of aromatic nitrogens is 1. The molecule has 2 heterocycles. The highest BCUT2D eigenvalue weighted by molar-refractivity contribution is 7.59. The summed E-state index contributed by atoms with van der Waals surface area (Å²) in [5.41, 5.74) is 1.80. The van der Waals surface area contributed by atoms with Gasteiger partial charge in [-0.3, -0.25) is 19.2 Å². The zero-order chi connectivity index (χ0) is 36.0. The summed E-state index contributed by atoms with van der Waals surface area (Å²) >= 11 is 0. The Bertz CT molecular complexity index is 1950. The highest BCUT2D eigenvalue weighted by atomic mass is 32.1. The summed E-state index contributed by atoms with van der Waals surface area (Å²) in [5.74, 6) is -1.70. The largest absolute Gasteiger partial charge is 0.464 e. The molecule has 3 aromatic carbocycles. The summed E-state index contributed by atoms with van der Waals surface area (Å²) in [6.45, 7) is 2.85. The van der Waals surface area contributed by atoms with Gasteiger partial charge < -0.3 is 24.8 Å². The SMILES string of the molecule is CCOC(=O)[C@H](Cc1ccccc1)NC(=O)[C@@]1(c2ccccc2)CC[C@H](C(=O)N2CCC(NC(=O)c3cccn(C)c3=O)CC2)c2ccccc21.S.S. The second-order valence-electron chi connectivity index (χ2n) is 13.3. The zero-order valence-electron chi connectivity index (χ0n) is 30.0. The Morgan fingerprint density at radius 3 is 2.17 bits per heavy atom. The van der Waals surface area contributed by atoms with Gasteiger partial charge in [-0.15, -0.1) is 0 Å². The van der Waals surface area contributed by atoms with E-state index in [-0.39, 0.29) is 69.0 Å². The third kappa shape index (κ3) is 8.71. The predicted octanol–water partition coefficient (Wildman–Crippen LogP) is 4.49. The van der Waals surface area contributed by atoms with E-state index in [0.29, 0.717) is 38.8 Å². The molecule has 3 atom stereocenters. The van der Waals surface area contributed by atoms with Crippen molar-refractivity contribution in [3.05, 3.63) is 141 Å². The van der Waals surface area contributed by atoms with Crippen LogP contribution in [0, 0.1) is 0 Å². The van der Waals surface area contributed by atoms with Gasteiger partial charge in [-0.25, -0.2) is 4.79 Å². The quantitative estimate of drug-likeness (QED) is 0.230. The van der Waals surface area contributed by atoms with Crippen molar-refractivity contribution >= 4 is 50.7 Å². The van der Waals surface area contributed by atoms with E-state index < -0.39 is 29.3 Å². The highest BCUT2D eigenvalue weighted by Crippen LogP contribution is 2.48. The average molecular weight is 757 g/mol. The van der Waals surface area contributed by atoms with Crippen molar-refractivity contribution in [3.63, 3.8) is 0 Å². The number of likely N-dealkylation sites (tertiary alicyclic amines) is 1. The van der Waals surface area contributed by atoms with Gasteiger partial charge in [0, 0.05) is 38.8 Å². The number of nitrogens with zero attached hydrogens (tertiary/aromatic N) is 2. The third-order valence-electron chi connectivity index (χ3n) is 10.2. The van der Waals surface area contributed by atoms with Crippen molar-refractivity contribution in [2.75, 3.05) is 19.7 Å². The lowest BCUT2D eigenvalue weighted by Crippen LogP contribution is -2.54. The first-order chi connectivity index (χ1) is 24.7. The molecule has 0 saturated carbocycles. The summed E-state index contributed by atoms with van der Waals surface area (Å²) < 4.78 is 6.78. The van der Waals surface area contributed by atoms with Crippen LogP contribution in [0.25, 0.3) is 0 Å². The van der Waals surface area contributed by atoms with Crippen LogP contribution >= 0.6 is 27.0 Å². The monoisotopic (exact) mass is 756 g/mol. The molecule has 6 rings (SSSR count). The van der Waals surface area contributed by atoms with Crippen LogP contribution in [0.1, 0.15) is 71.1 Å². The van der Waals surface area contributed by atoms with E-state index in [1.54, 1.807) is 26.2 Å². The fourth-order valence-electron chi connectivity index (χ4n) is 7.55. The van der Waals surface area contributed by atoms with Crippen LogP contribution in [-0.2, 0) is 38.0 Å². The number of carbonyl (C=O) groups excluding carboxylic acids is 4. The Morgan fingerprint density at radius 2 is 1.49 bits per heavy atom. The molecule has 1 aliphatic carbocycles. The minimum Gasteiger partial charge on any atom is -0.464 e. The highest BCUT2D eigenvalue weighted by Gasteiger charge is 2.49. The number of pyridine rings is 1. The molecule has 0 spiro atoms. The van der Waals surface area contributed by atoms with Crippen LogP contribution in [0.4, 0.5) is 0 Å². The van der Waals surface area contributed by atoms with Gasteiger partial charge in [0.05, 0.1) is 17.9 Å². The summed E-state index contributed by atoms with van der Waals surface area (Å²) in [6, 6.07) is 28.8. The fraction of sp³-hybridized carbons (Fsp3) is 0.341. The minimum atomic E-state index is -1.15. The molecular formula is C41H48N4O6S2. The lowest BCUT2D eigenvalue weighted by atomic mass is 9.62. The average Bonchev–Trinajstić information content (AvgIpc) is 3.16. The summed E-state index contributed by atoms with van der Waals surface area (Å²) in [6.07, 6.45) is 3.79. The Labute approximate surface area is 324 Å². The number of amides is 3. The lowest BCUT2D eigenvalue weighted by molar-refractivity contribution is -0.148. The van der Waals surface area contributed by atoms with Crippen LogP contribution in [0.3, 0.4) is 0 Å². The van der Waals surface area contributed by atoms with Gasteiger partial charge in [0.1, 0.15) is 11.6 Å². The first-order valence-corrected chi connectivity index (χ1v) is 17.6. The Kier molecular flexibility index (Phi) is 14.1. The first-order valence-electron chi connectivity index (χ1n) is 17.6. The molecule has 4 aromatic rings. The Balaban J connectivity index is 0.00000314. The maximum absolute atomic E-state index is 14.8. The second-order valence-corrected chi connectivity index (χ2v) is 13.3. The van der Waals surface area contributed by atoms with E-state index in [1.165, 1.54) is 10.6 Å². The Hall–Kier alpha value is -4.81. The molecule has 12 heteroatoms. The molecule has 10 nitrogen and oxygen atoms in total. The molecule has 0 unspecified atom stereocenters. The van der Waals surface area contributed by atoms with Crippen LogP contribution < -0.4 is 16.2 Å². The molecule has 3 amide bonds. The third-order valence-corrected chi connectivity index (χ3v) is 10.2. The predicted molar refractivity (Wildman–Crippen MR) is 214 cm³/mol. The van der Waals surface area contributed by atoms with Crippen molar-refractivity contribution < 1.29 is 23.9 Å². The lowest BCUT2D eigenvalue weighted by Gasteiger charge is -2.43. The van der Waals surface area contributed by atoms with Gasteiger partial charge in [-0.1, -0.05) is 84.9 Å². The number of benzene rings is 3. The maximum Gasteiger partial charge on any atom is 0.328 e. The van der Waals surface area contributed by atoms with Crippen LogP contribution in [0.5, 0.6) is 0 Å². The number of rotatable bonds is 10. The molecule has 1 aliphatic heterocycles. The molecule has 2 aliphatic rings. The van der Waals surface area contributed by atoms with Crippen molar-refractivity contribution in [3.8, 4) is 0 Å². The van der Waals surface area contributed by atoms with Crippen LogP contribution in [0.2, 0.25) is 0 Å². The molecule has 1 fully saturated rings. The number of piperidine rings is 1.